The topological polar surface area (TPSA) is 112 Å². The third-order valence-electron chi connectivity index (χ3n) is 2.72. The number of carboxylic acids is 3. The summed E-state index contributed by atoms with van der Waals surface area (Å²) in [4.78, 5) is 33.2. The van der Waals surface area contributed by atoms with Crippen LogP contribution in [0.1, 0.15) is 0 Å². The van der Waals surface area contributed by atoms with Gasteiger partial charge in [-0.3, -0.25) is 14.4 Å². The van der Waals surface area contributed by atoms with Crippen molar-refractivity contribution in [3.63, 3.8) is 0 Å². The summed E-state index contributed by atoms with van der Waals surface area (Å²) in [7, 11) is 0. The second-order valence-electron chi connectivity index (χ2n) is 4.09. The average molecular weight is 411 g/mol. The van der Waals surface area contributed by atoms with Gasteiger partial charge in [-0.15, -0.1) is 0 Å². The van der Waals surface area contributed by atoms with Crippen molar-refractivity contribution in [1.82, 2.24) is 0 Å². The highest BCUT2D eigenvalue weighted by Gasteiger charge is 2.54. The number of carboxylic acid groups (broad SMARTS) is 3. The number of rotatable bonds is 8. The third kappa shape index (κ3) is 4.74. The molecule has 0 rings (SSSR count). The minimum atomic E-state index is -1.89. The zero-order valence-electron chi connectivity index (χ0n) is 10.1. The van der Waals surface area contributed by atoms with Gasteiger partial charge in [0.15, 0.2) is 0 Å². The van der Waals surface area contributed by atoms with E-state index in [1.165, 1.54) is 0 Å². The highest BCUT2D eigenvalue weighted by Crippen LogP contribution is 2.41. The second-order valence-corrected chi connectivity index (χ2v) is 7.60. The summed E-state index contributed by atoms with van der Waals surface area (Å²) >= 11 is 23.8. The first-order valence-corrected chi connectivity index (χ1v) is 8.23. The van der Waals surface area contributed by atoms with Gasteiger partial charge in [0, 0.05) is 10.5 Å². The van der Waals surface area contributed by atoms with Crippen LogP contribution in [-0.2, 0) is 14.4 Å². The fourth-order valence-electron chi connectivity index (χ4n) is 1.46. The number of carbonyl (C=O) groups is 3. The first-order chi connectivity index (χ1) is 9.38. The van der Waals surface area contributed by atoms with Crippen molar-refractivity contribution in [3.8, 4) is 0 Å². The Hall–Kier alpha value is 0.510. The Bertz CT molecular complexity index is 411. The quantitative estimate of drug-likeness (QED) is 0.268. The van der Waals surface area contributed by atoms with Crippen molar-refractivity contribution < 1.29 is 29.7 Å². The highest BCUT2D eigenvalue weighted by atomic mass is 32.1. The predicted octanol–water partition coefficient (Wildman–Crippen LogP) is 0.401. The summed E-state index contributed by atoms with van der Waals surface area (Å²) in [6.45, 7) is 0. The molecule has 0 amide bonds. The molecule has 0 saturated heterocycles. The third-order valence-corrected chi connectivity index (χ3v) is 7.78. The molecule has 0 aliphatic carbocycles. The fraction of sp³-hybridized carbons (Fsp3) is 0.667. The largest absolute Gasteiger partial charge is 0.480 e. The summed E-state index contributed by atoms with van der Waals surface area (Å²) < 4.78 is -1.89. The van der Waals surface area contributed by atoms with Gasteiger partial charge < -0.3 is 15.3 Å². The van der Waals surface area contributed by atoms with E-state index in [0.29, 0.717) is 0 Å². The van der Waals surface area contributed by atoms with Crippen LogP contribution in [0.15, 0.2) is 0 Å². The van der Waals surface area contributed by atoms with Gasteiger partial charge in [-0.25, -0.2) is 0 Å². The lowest BCUT2D eigenvalue weighted by Crippen LogP contribution is -2.59. The smallest absolute Gasteiger partial charge is 0.317 e. The molecule has 0 radical (unpaired) electrons. The van der Waals surface area contributed by atoms with Crippen LogP contribution >= 0.6 is 75.8 Å². The SMILES string of the molecule is O=C(O)C(S)C(S)C(S)C(S)(C(S)C(=O)O)C(S)C(=O)O. The number of hydrogen-bond donors (Lipinski definition) is 9. The molecular weight excluding hydrogens is 396 g/mol. The zero-order valence-corrected chi connectivity index (χ0v) is 15.5. The average Bonchev–Trinajstić information content (AvgIpc) is 2.41. The van der Waals surface area contributed by atoms with Crippen LogP contribution in [-0.4, -0.2) is 64.2 Å². The van der Waals surface area contributed by atoms with Crippen LogP contribution in [0.25, 0.3) is 0 Å². The Balaban J connectivity index is 5.75. The van der Waals surface area contributed by atoms with Gasteiger partial charge in [0.25, 0.3) is 0 Å². The standard InChI is InChI=1S/C9H14O6S6/c10-6(11)2(17)1(16)3(18)9(21,4(19)7(12)13)5(20)8(14)15/h1-5,16-21H,(H,10,11)(H,12,13)(H,14,15). The van der Waals surface area contributed by atoms with Crippen molar-refractivity contribution in [2.45, 2.75) is 31.0 Å². The van der Waals surface area contributed by atoms with Crippen molar-refractivity contribution in [1.29, 1.82) is 0 Å². The lowest BCUT2D eigenvalue weighted by molar-refractivity contribution is -0.138. The zero-order chi connectivity index (χ0) is 17.1. The first kappa shape index (κ1) is 21.5. The molecule has 5 unspecified atom stereocenters. The Morgan fingerprint density at radius 3 is 1.33 bits per heavy atom. The molecule has 0 spiro atoms. The van der Waals surface area contributed by atoms with Crippen LogP contribution in [0, 0.1) is 0 Å². The van der Waals surface area contributed by atoms with Crippen LogP contribution in [0.2, 0.25) is 0 Å². The molecule has 6 nitrogen and oxygen atoms in total. The van der Waals surface area contributed by atoms with Gasteiger partial charge in [-0.1, -0.05) is 0 Å². The Morgan fingerprint density at radius 1 is 0.762 bits per heavy atom. The molecule has 12 heteroatoms. The predicted molar refractivity (Wildman–Crippen MR) is 98.5 cm³/mol. The van der Waals surface area contributed by atoms with Crippen molar-refractivity contribution in [2.24, 2.45) is 0 Å². The first-order valence-electron chi connectivity index (χ1n) is 5.20. The molecule has 0 aliphatic rings. The number of thiol groups is 6. The Morgan fingerprint density at radius 2 is 1.10 bits per heavy atom. The van der Waals surface area contributed by atoms with E-state index in [0.717, 1.165) is 0 Å². The van der Waals surface area contributed by atoms with Crippen LogP contribution in [0.3, 0.4) is 0 Å². The molecule has 3 N–H and O–H groups in total. The second kappa shape index (κ2) is 8.39. The Kier molecular flexibility index (Phi) is 8.59. The molecule has 0 fully saturated rings. The summed E-state index contributed by atoms with van der Waals surface area (Å²) in [5.74, 6) is -4.20. The van der Waals surface area contributed by atoms with E-state index in [1.54, 1.807) is 0 Å². The van der Waals surface area contributed by atoms with E-state index in [2.05, 4.69) is 75.8 Å². The van der Waals surface area contributed by atoms with E-state index in [9.17, 15) is 14.4 Å². The van der Waals surface area contributed by atoms with Crippen LogP contribution in [0.4, 0.5) is 0 Å². The summed E-state index contributed by atoms with van der Waals surface area (Å²) in [6.07, 6.45) is 0. The van der Waals surface area contributed by atoms with Gasteiger partial charge in [-0.2, -0.15) is 75.8 Å². The van der Waals surface area contributed by atoms with Gasteiger partial charge in [0.1, 0.15) is 15.7 Å². The molecule has 0 saturated carbocycles. The summed E-state index contributed by atoms with van der Waals surface area (Å²) in [5, 5.41) is 20.3. The van der Waals surface area contributed by atoms with Crippen molar-refractivity contribution in [3.05, 3.63) is 0 Å². The molecule has 0 aliphatic heterocycles. The summed E-state index contributed by atoms with van der Waals surface area (Å²) in [6, 6.07) is 0. The molecule has 0 heterocycles. The minimum absolute atomic E-state index is 1.10. The fourth-order valence-corrected chi connectivity index (χ4v) is 4.08. The molecule has 5 atom stereocenters. The molecule has 0 bridgehead atoms. The number of hydrogen-bond acceptors (Lipinski definition) is 9. The highest BCUT2D eigenvalue weighted by molar-refractivity contribution is 7.91. The van der Waals surface area contributed by atoms with E-state index in [1.807, 2.05) is 0 Å². The maximum absolute atomic E-state index is 11.2. The van der Waals surface area contributed by atoms with Crippen LogP contribution < -0.4 is 0 Å². The number of aliphatic carboxylic acids is 3. The maximum atomic E-state index is 11.2. The molecule has 21 heavy (non-hydrogen) atoms. The normalized spacial score (nSPS) is 21.4. The molecule has 0 aromatic carbocycles. The van der Waals surface area contributed by atoms with Gasteiger partial charge >= 0.3 is 17.9 Å². The van der Waals surface area contributed by atoms with E-state index >= 15 is 0 Å². The summed E-state index contributed by atoms with van der Waals surface area (Å²) in [5.41, 5.74) is 0. The van der Waals surface area contributed by atoms with E-state index in [4.69, 9.17) is 15.3 Å². The molecule has 0 aromatic rings. The monoisotopic (exact) mass is 410 g/mol. The van der Waals surface area contributed by atoms with Crippen LogP contribution in [0.5, 0.6) is 0 Å². The molecule has 0 aromatic heterocycles. The van der Waals surface area contributed by atoms with Gasteiger partial charge in [0.2, 0.25) is 0 Å². The van der Waals surface area contributed by atoms with Crippen molar-refractivity contribution >= 4 is 93.7 Å². The molecular formula is C9H14O6S6. The lowest BCUT2D eigenvalue weighted by Gasteiger charge is -2.42. The van der Waals surface area contributed by atoms with E-state index < -0.39 is 48.9 Å². The molecule has 122 valence electrons. The van der Waals surface area contributed by atoms with Gasteiger partial charge in [-0.05, 0) is 0 Å². The van der Waals surface area contributed by atoms with E-state index in [-0.39, 0.29) is 0 Å². The maximum Gasteiger partial charge on any atom is 0.317 e. The lowest BCUT2D eigenvalue weighted by atomic mass is 9.91. The minimum Gasteiger partial charge on any atom is -0.480 e. The Labute approximate surface area is 153 Å². The van der Waals surface area contributed by atoms with Gasteiger partial charge in [0.05, 0.1) is 4.75 Å². The van der Waals surface area contributed by atoms with Crippen molar-refractivity contribution in [2.75, 3.05) is 0 Å².